The van der Waals surface area contributed by atoms with Crippen molar-refractivity contribution in [1.29, 1.82) is 0 Å². The first kappa shape index (κ1) is 32.5. The van der Waals surface area contributed by atoms with Crippen molar-refractivity contribution in [3.05, 3.63) is 51.2 Å². The number of hydrogen-bond acceptors (Lipinski definition) is 9. The van der Waals surface area contributed by atoms with E-state index in [9.17, 15) is 29.3 Å². The molecule has 2 fully saturated rings. The van der Waals surface area contributed by atoms with E-state index in [-0.39, 0.29) is 52.7 Å². The number of benzene rings is 1. The lowest BCUT2D eigenvalue weighted by Crippen LogP contribution is -2.65. The summed E-state index contributed by atoms with van der Waals surface area (Å²) in [5.74, 6) is -2.98. The molecule has 1 unspecified atom stereocenters. The smallest absolute Gasteiger partial charge is 0.362 e. The number of rotatable bonds is 12. The van der Waals surface area contributed by atoms with Gasteiger partial charge in [0.05, 0.1) is 34.5 Å². The second kappa shape index (κ2) is 13.1. The summed E-state index contributed by atoms with van der Waals surface area (Å²) in [6.45, 7) is 11.8. The van der Waals surface area contributed by atoms with Crippen molar-refractivity contribution in [2.75, 3.05) is 26.7 Å². The Kier molecular flexibility index (Phi) is 9.87. The van der Waals surface area contributed by atoms with Crippen molar-refractivity contribution in [2.45, 2.75) is 71.3 Å². The Morgan fingerprint density at radius 1 is 1.12 bits per heavy atom. The third-order valence-corrected chi connectivity index (χ3v) is 14.4. The molecule has 2 saturated heterocycles. The van der Waals surface area contributed by atoms with Gasteiger partial charge in [0.2, 0.25) is 11.8 Å². The predicted molar refractivity (Wildman–Crippen MR) is 160 cm³/mol. The van der Waals surface area contributed by atoms with E-state index >= 15 is 0 Å². The van der Waals surface area contributed by atoms with E-state index in [1.807, 2.05) is 13.8 Å². The standard InChI is InChI=1S/C30H42N4O8Si/c1-7-43(8-2,9-3)42-19(5)24-25-18(4)23(17-32-15-14-21(16-32)27(35)31-6)26(33(25)28(24)36)30(38)41-29(37)20-10-12-22(13-11-20)34(39)40/h10-13,18-19,21,24-25H,7-9,14-17H2,1-6H3,(H,31,35)/t18-,19?,21-,24+,25+/m0/s1. The average molecular weight is 615 g/mol. The molecule has 1 N–H and O–H groups in total. The van der Waals surface area contributed by atoms with E-state index in [2.05, 4.69) is 31.0 Å². The largest absolute Gasteiger partial charge is 0.413 e. The van der Waals surface area contributed by atoms with Crippen LogP contribution in [0.5, 0.6) is 0 Å². The minimum atomic E-state index is -2.01. The van der Waals surface area contributed by atoms with Crippen LogP contribution in [0, 0.1) is 27.9 Å². The van der Waals surface area contributed by atoms with Crippen molar-refractivity contribution in [3.8, 4) is 0 Å². The van der Waals surface area contributed by atoms with Crippen LogP contribution in [0.1, 0.15) is 51.4 Å². The van der Waals surface area contributed by atoms with Crippen LogP contribution in [-0.4, -0.2) is 85.6 Å². The highest BCUT2D eigenvalue weighted by Crippen LogP contribution is 2.49. The van der Waals surface area contributed by atoms with Gasteiger partial charge in [-0.05, 0) is 55.7 Å². The summed E-state index contributed by atoms with van der Waals surface area (Å²) in [6, 6.07) is 7.29. The zero-order chi connectivity index (χ0) is 31.6. The molecule has 1 aromatic carbocycles. The number of likely N-dealkylation sites (tertiary alicyclic amines) is 1. The number of nitro benzene ring substituents is 1. The van der Waals surface area contributed by atoms with Crippen molar-refractivity contribution in [1.82, 2.24) is 15.1 Å². The summed E-state index contributed by atoms with van der Waals surface area (Å²) >= 11 is 0. The maximum absolute atomic E-state index is 13.7. The summed E-state index contributed by atoms with van der Waals surface area (Å²) in [5.41, 5.74) is 0.536. The maximum atomic E-state index is 13.7. The van der Waals surface area contributed by atoms with E-state index in [0.717, 1.165) is 30.3 Å². The van der Waals surface area contributed by atoms with Gasteiger partial charge in [-0.15, -0.1) is 0 Å². The molecule has 13 heteroatoms. The van der Waals surface area contributed by atoms with Gasteiger partial charge in [-0.2, -0.15) is 0 Å². The fourth-order valence-electron chi connectivity index (χ4n) is 6.84. The zero-order valence-electron chi connectivity index (χ0n) is 25.8. The molecule has 3 aliphatic rings. The summed E-state index contributed by atoms with van der Waals surface area (Å²) in [7, 11) is -0.401. The predicted octanol–water partition coefficient (Wildman–Crippen LogP) is 3.49. The number of carbonyl (C=O) groups is 4. The first-order valence-corrected chi connectivity index (χ1v) is 17.6. The number of non-ortho nitro benzene ring substituents is 1. The molecule has 0 spiro atoms. The monoisotopic (exact) mass is 614 g/mol. The Labute approximate surface area is 253 Å². The van der Waals surface area contributed by atoms with Gasteiger partial charge in [0, 0.05) is 38.2 Å². The molecule has 12 nitrogen and oxygen atoms in total. The summed E-state index contributed by atoms with van der Waals surface area (Å²) in [4.78, 5) is 66.4. The third-order valence-electron chi connectivity index (χ3n) is 9.65. The minimum Gasteiger partial charge on any atom is -0.413 e. The zero-order valence-corrected chi connectivity index (χ0v) is 26.8. The molecule has 3 aliphatic heterocycles. The molecule has 2 amide bonds. The van der Waals surface area contributed by atoms with Crippen LogP contribution < -0.4 is 5.32 Å². The molecule has 0 radical (unpaired) electrons. The maximum Gasteiger partial charge on any atom is 0.362 e. The van der Waals surface area contributed by atoms with Crippen molar-refractivity contribution in [3.63, 3.8) is 0 Å². The van der Waals surface area contributed by atoms with Crippen LogP contribution in [0.25, 0.3) is 0 Å². The van der Waals surface area contributed by atoms with Gasteiger partial charge < -0.3 is 19.4 Å². The average Bonchev–Trinajstić information content (AvgIpc) is 3.56. The number of nitrogens with zero attached hydrogens (tertiary/aromatic N) is 3. The highest BCUT2D eigenvalue weighted by Gasteiger charge is 2.61. The number of nitrogens with one attached hydrogen (secondary N) is 1. The molecule has 234 valence electrons. The van der Waals surface area contributed by atoms with Crippen molar-refractivity contribution >= 4 is 37.8 Å². The van der Waals surface area contributed by atoms with Gasteiger partial charge in [0.15, 0.2) is 8.32 Å². The van der Waals surface area contributed by atoms with Gasteiger partial charge in [-0.3, -0.25) is 24.6 Å². The highest BCUT2D eigenvalue weighted by molar-refractivity contribution is 6.73. The molecule has 43 heavy (non-hydrogen) atoms. The lowest BCUT2D eigenvalue weighted by Gasteiger charge is -2.49. The second-order valence-corrected chi connectivity index (χ2v) is 16.5. The number of fused-ring (bicyclic) bond motifs is 1. The normalized spacial score (nSPS) is 24.4. The summed E-state index contributed by atoms with van der Waals surface area (Å²) < 4.78 is 11.9. The first-order chi connectivity index (χ1) is 20.4. The number of carbonyl (C=O) groups excluding carboxylic acids is 4. The van der Waals surface area contributed by atoms with Crippen LogP contribution in [-0.2, 0) is 23.5 Å². The topological polar surface area (TPSA) is 148 Å². The van der Waals surface area contributed by atoms with Gasteiger partial charge in [0.25, 0.3) is 5.69 Å². The van der Waals surface area contributed by atoms with Crippen LogP contribution in [0.2, 0.25) is 18.1 Å². The number of amides is 2. The second-order valence-electron chi connectivity index (χ2n) is 11.8. The van der Waals surface area contributed by atoms with Crippen LogP contribution in [0.15, 0.2) is 35.5 Å². The number of β-lactam (4-membered cyclic amide) rings is 1. The Bertz CT molecular complexity index is 1300. The fourth-order valence-corrected chi connectivity index (χ4v) is 9.78. The lowest BCUT2D eigenvalue weighted by molar-refractivity contribution is -0.384. The molecule has 0 aliphatic carbocycles. The Morgan fingerprint density at radius 3 is 2.30 bits per heavy atom. The van der Waals surface area contributed by atoms with E-state index < -0.39 is 31.1 Å². The van der Waals surface area contributed by atoms with Crippen LogP contribution in [0.3, 0.4) is 0 Å². The van der Waals surface area contributed by atoms with Crippen LogP contribution in [0.4, 0.5) is 5.69 Å². The van der Waals surface area contributed by atoms with E-state index in [0.29, 0.717) is 31.6 Å². The van der Waals surface area contributed by atoms with Crippen LogP contribution >= 0.6 is 0 Å². The van der Waals surface area contributed by atoms with Gasteiger partial charge >= 0.3 is 11.9 Å². The fraction of sp³-hybridized carbons (Fsp3) is 0.600. The Morgan fingerprint density at radius 2 is 1.74 bits per heavy atom. The molecular weight excluding hydrogens is 572 g/mol. The summed E-state index contributed by atoms with van der Waals surface area (Å²) in [6.07, 6.45) is 0.349. The highest BCUT2D eigenvalue weighted by atomic mass is 28.4. The molecule has 0 saturated carbocycles. The quantitative estimate of drug-likeness (QED) is 0.0933. The Balaban J connectivity index is 1.60. The van der Waals surface area contributed by atoms with Gasteiger partial charge in [-0.1, -0.05) is 27.7 Å². The summed E-state index contributed by atoms with van der Waals surface area (Å²) in [5, 5.41) is 13.7. The molecular formula is C30H42N4O8Si. The van der Waals surface area contributed by atoms with Crippen molar-refractivity contribution < 1.29 is 33.3 Å². The van der Waals surface area contributed by atoms with Crippen molar-refractivity contribution in [2.24, 2.45) is 17.8 Å². The third kappa shape index (κ3) is 6.15. The van der Waals surface area contributed by atoms with E-state index in [1.54, 1.807) is 7.05 Å². The lowest BCUT2D eigenvalue weighted by atomic mass is 9.77. The molecule has 0 bridgehead atoms. The SMILES string of the molecule is CC[Si](CC)(CC)OC(C)[C@H]1C(=O)N2C(C(=O)OC(=O)c3ccc([N+](=O)[O-])cc3)=C(CN3CC[C@H](C(=O)NC)C3)[C@H](C)[C@H]12. The molecule has 4 rings (SSSR count). The van der Waals surface area contributed by atoms with Gasteiger partial charge in [0.1, 0.15) is 5.70 Å². The molecule has 3 heterocycles. The molecule has 0 aromatic heterocycles. The van der Waals surface area contributed by atoms with Gasteiger partial charge in [-0.25, -0.2) is 9.59 Å². The Hall–Kier alpha value is -3.42. The molecule has 5 atom stereocenters. The van der Waals surface area contributed by atoms with E-state index in [4.69, 9.17) is 9.16 Å². The number of hydrogen-bond donors (Lipinski definition) is 1. The van der Waals surface area contributed by atoms with E-state index in [1.165, 1.54) is 17.0 Å². The number of nitro groups is 1. The molecule has 1 aromatic rings. The first-order valence-electron chi connectivity index (χ1n) is 15.1. The number of ether oxygens (including phenoxy) is 1. The number of esters is 2. The minimum absolute atomic E-state index is 0.0218.